The zero-order chi connectivity index (χ0) is 17.2. The van der Waals surface area contributed by atoms with Gasteiger partial charge in [-0.05, 0) is 49.5 Å². The minimum Gasteiger partial charge on any atom is -0.489 e. The number of rotatable bonds is 10. The second kappa shape index (κ2) is 9.66. The summed E-state index contributed by atoms with van der Waals surface area (Å²) in [6, 6.07) is 6.94. The van der Waals surface area contributed by atoms with Gasteiger partial charge < -0.3 is 15.2 Å². The third-order valence-corrected chi connectivity index (χ3v) is 3.32. The molecule has 2 N–H and O–H groups in total. The van der Waals surface area contributed by atoms with Gasteiger partial charge in [0.2, 0.25) is 5.91 Å². The predicted molar refractivity (Wildman–Crippen MR) is 89.5 cm³/mol. The van der Waals surface area contributed by atoms with E-state index >= 15 is 0 Å². The first-order valence-corrected chi connectivity index (χ1v) is 7.80. The van der Waals surface area contributed by atoms with E-state index in [0.29, 0.717) is 25.9 Å². The van der Waals surface area contributed by atoms with Crippen LogP contribution in [0.15, 0.2) is 36.4 Å². The molecule has 0 spiro atoms. The summed E-state index contributed by atoms with van der Waals surface area (Å²) < 4.78 is 5.52. The maximum Gasteiger partial charge on any atom is 0.326 e. The molecule has 1 aromatic carbocycles. The summed E-state index contributed by atoms with van der Waals surface area (Å²) in [5.41, 5.74) is 2.08. The molecular formula is C18H25NO4. The molecule has 23 heavy (non-hydrogen) atoms. The predicted octanol–water partition coefficient (Wildman–Crippen LogP) is 2.94. The molecule has 0 saturated heterocycles. The summed E-state index contributed by atoms with van der Waals surface area (Å²) in [5, 5.41) is 11.4. The molecule has 5 heteroatoms. The van der Waals surface area contributed by atoms with E-state index in [1.54, 1.807) is 6.92 Å². The fraction of sp³-hybridized carbons (Fsp3) is 0.444. The van der Waals surface area contributed by atoms with Crippen molar-refractivity contribution in [3.05, 3.63) is 42.0 Å². The van der Waals surface area contributed by atoms with E-state index in [0.717, 1.165) is 23.3 Å². The number of ether oxygens (including phenoxy) is 1. The van der Waals surface area contributed by atoms with E-state index in [1.165, 1.54) is 0 Å². The van der Waals surface area contributed by atoms with Gasteiger partial charge in [0, 0.05) is 6.42 Å². The molecular weight excluding hydrogens is 294 g/mol. The highest BCUT2D eigenvalue weighted by molar-refractivity contribution is 5.83. The minimum atomic E-state index is -0.994. The summed E-state index contributed by atoms with van der Waals surface area (Å²) in [7, 11) is 0. The van der Waals surface area contributed by atoms with Gasteiger partial charge in [-0.25, -0.2) is 4.79 Å². The van der Waals surface area contributed by atoms with E-state index in [9.17, 15) is 9.59 Å². The fourth-order valence-electron chi connectivity index (χ4n) is 2.02. The fourth-order valence-corrected chi connectivity index (χ4v) is 2.02. The maximum atomic E-state index is 11.7. The van der Waals surface area contributed by atoms with Crippen LogP contribution >= 0.6 is 0 Å². The summed E-state index contributed by atoms with van der Waals surface area (Å²) in [6.07, 6.45) is 2.14. The van der Waals surface area contributed by atoms with Gasteiger partial charge in [-0.3, -0.25) is 4.79 Å². The summed E-state index contributed by atoms with van der Waals surface area (Å²) in [4.78, 5) is 22.6. The average Bonchev–Trinajstić information content (AvgIpc) is 2.51. The Kier molecular flexibility index (Phi) is 7.88. The molecule has 1 rings (SSSR count). The van der Waals surface area contributed by atoms with Crippen LogP contribution in [0.5, 0.6) is 5.75 Å². The Balaban J connectivity index is 2.33. The van der Waals surface area contributed by atoms with Gasteiger partial charge >= 0.3 is 5.97 Å². The molecule has 0 saturated carbocycles. The van der Waals surface area contributed by atoms with Gasteiger partial charge in [0.25, 0.3) is 0 Å². The van der Waals surface area contributed by atoms with Gasteiger partial charge in [0.05, 0.1) is 0 Å². The van der Waals surface area contributed by atoms with Crippen LogP contribution in [-0.2, 0) is 16.0 Å². The summed E-state index contributed by atoms with van der Waals surface area (Å²) in [5.74, 6) is -0.423. The van der Waals surface area contributed by atoms with Gasteiger partial charge in [0.15, 0.2) is 0 Å². The van der Waals surface area contributed by atoms with E-state index in [2.05, 4.69) is 11.9 Å². The smallest absolute Gasteiger partial charge is 0.326 e. The molecule has 0 aliphatic rings. The number of carbonyl (C=O) groups excluding carboxylic acids is 1. The molecule has 0 heterocycles. The normalized spacial score (nSPS) is 11.6. The van der Waals surface area contributed by atoms with Crippen LogP contribution in [0.1, 0.15) is 38.7 Å². The minimum absolute atomic E-state index is 0.222. The highest BCUT2D eigenvalue weighted by Crippen LogP contribution is 2.14. The largest absolute Gasteiger partial charge is 0.489 e. The highest BCUT2D eigenvalue weighted by atomic mass is 16.5. The highest BCUT2D eigenvalue weighted by Gasteiger charge is 2.16. The van der Waals surface area contributed by atoms with Crippen molar-refractivity contribution in [2.45, 2.75) is 45.6 Å². The zero-order valence-corrected chi connectivity index (χ0v) is 13.8. The lowest BCUT2D eigenvalue weighted by atomic mass is 10.1. The van der Waals surface area contributed by atoms with Crippen molar-refractivity contribution in [1.82, 2.24) is 5.32 Å². The molecule has 1 aromatic rings. The number of aryl methyl sites for hydroxylation is 1. The molecule has 1 amide bonds. The van der Waals surface area contributed by atoms with Crippen LogP contribution in [0.2, 0.25) is 0 Å². The maximum absolute atomic E-state index is 11.7. The Hall–Kier alpha value is -2.30. The van der Waals surface area contributed by atoms with Crippen LogP contribution in [-0.4, -0.2) is 29.6 Å². The molecule has 0 aliphatic carbocycles. The molecule has 0 bridgehead atoms. The molecule has 0 aliphatic heterocycles. The first-order chi connectivity index (χ1) is 10.9. The summed E-state index contributed by atoms with van der Waals surface area (Å²) >= 11 is 0. The lowest BCUT2D eigenvalue weighted by Crippen LogP contribution is -2.40. The Morgan fingerprint density at radius 1 is 1.30 bits per heavy atom. The average molecular weight is 319 g/mol. The van der Waals surface area contributed by atoms with Crippen LogP contribution < -0.4 is 10.1 Å². The molecule has 0 fully saturated rings. The lowest BCUT2D eigenvalue weighted by molar-refractivity contribution is -0.141. The number of hydrogen-bond donors (Lipinski definition) is 2. The van der Waals surface area contributed by atoms with Crippen molar-refractivity contribution in [2.75, 3.05) is 6.61 Å². The van der Waals surface area contributed by atoms with Gasteiger partial charge in [-0.2, -0.15) is 0 Å². The van der Waals surface area contributed by atoms with Crippen LogP contribution in [0.4, 0.5) is 0 Å². The molecule has 1 atom stereocenters. The van der Waals surface area contributed by atoms with E-state index in [1.807, 2.05) is 31.2 Å². The lowest BCUT2D eigenvalue weighted by Gasteiger charge is -2.12. The Bertz CT molecular complexity index is 536. The third-order valence-electron chi connectivity index (χ3n) is 3.32. The number of carboxylic acid groups (broad SMARTS) is 1. The number of carboxylic acids is 1. The van der Waals surface area contributed by atoms with Crippen molar-refractivity contribution >= 4 is 11.9 Å². The summed E-state index contributed by atoms with van der Waals surface area (Å²) in [6.45, 7) is 7.93. The van der Waals surface area contributed by atoms with Gasteiger partial charge in [0.1, 0.15) is 18.4 Å². The number of carbonyl (C=O) groups is 2. The SMILES string of the molecule is C=C(C)COc1ccc(CCCC(=O)NC(CC)C(=O)O)cc1. The second-order valence-electron chi connectivity index (χ2n) is 5.61. The first-order valence-electron chi connectivity index (χ1n) is 7.80. The van der Waals surface area contributed by atoms with Crippen molar-refractivity contribution in [3.8, 4) is 5.75 Å². The first kappa shape index (κ1) is 18.7. The van der Waals surface area contributed by atoms with Crippen LogP contribution in [0, 0.1) is 0 Å². The van der Waals surface area contributed by atoms with Crippen molar-refractivity contribution in [1.29, 1.82) is 0 Å². The molecule has 126 valence electrons. The van der Waals surface area contributed by atoms with E-state index in [4.69, 9.17) is 9.84 Å². The van der Waals surface area contributed by atoms with Gasteiger partial charge in [-0.1, -0.05) is 25.6 Å². The van der Waals surface area contributed by atoms with Crippen molar-refractivity contribution in [3.63, 3.8) is 0 Å². The molecule has 0 aromatic heterocycles. The van der Waals surface area contributed by atoms with Crippen molar-refractivity contribution < 1.29 is 19.4 Å². The van der Waals surface area contributed by atoms with E-state index < -0.39 is 12.0 Å². The topological polar surface area (TPSA) is 75.6 Å². The Morgan fingerprint density at radius 2 is 1.96 bits per heavy atom. The monoisotopic (exact) mass is 319 g/mol. The standard InChI is InChI=1S/C18H25NO4/c1-4-16(18(21)22)19-17(20)7-5-6-14-8-10-15(11-9-14)23-12-13(2)3/h8-11,16H,2,4-7,12H2,1,3H3,(H,19,20)(H,21,22). The number of nitrogens with one attached hydrogen (secondary N) is 1. The number of aliphatic carboxylic acids is 1. The van der Waals surface area contributed by atoms with Crippen LogP contribution in [0.25, 0.3) is 0 Å². The Morgan fingerprint density at radius 3 is 2.48 bits per heavy atom. The Labute approximate surface area is 137 Å². The number of hydrogen-bond acceptors (Lipinski definition) is 3. The number of benzene rings is 1. The molecule has 0 radical (unpaired) electrons. The number of amides is 1. The van der Waals surface area contributed by atoms with Gasteiger partial charge in [-0.15, -0.1) is 0 Å². The third kappa shape index (κ3) is 7.49. The zero-order valence-electron chi connectivity index (χ0n) is 13.8. The quantitative estimate of drug-likeness (QED) is 0.650. The molecule has 1 unspecified atom stereocenters. The van der Waals surface area contributed by atoms with E-state index in [-0.39, 0.29) is 5.91 Å². The van der Waals surface area contributed by atoms with Crippen molar-refractivity contribution in [2.24, 2.45) is 0 Å². The second-order valence-corrected chi connectivity index (χ2v) is 5.61. The molecule has 5 nitrogen and oxygen atoms in total. The van der Waals surface area contributed by atoms with Crippen LogP contribution in [0.3, 0.4) is 0 Å².